The van der Waals surface area contributed by atoms with Gasteiger partial charge in [0.25, 0.3) is 0 Å². The van der Waals surface area contributed by atoms with Gasteiger partial charge in [-0.2, -0.15) is 21.6 Å². The average Bonchev–Trinajstić information content (AvgIpc) is 2.54. The van der Waals surface area contributed by atoms with Crippen molar-refractivity contribution in [1.82, 2.24) is 9.55 Å². The van der Waals surface area contributed by atoms with Crippen LogP contribution < -0.4 is 0 Å². The lowest BCUT2D eigenvalue weighted by molar-refractivity contribution is -0.0510. The summed E-state index contributed by atoms with van der Waals surface area (Å²) in [6, 6.07) is 0. The van der Waals surface area contributed by atoms with E-state index in [1.165, 1.54) is 0 Å². The molecule has 1 rings (SSSR count). The average molecular weight is 262 g/mol. The van der Waals surface area contributed by atoms with Gasteiger partial charge >= 0.3 is 15.6 Å². The molecule has 6 nitrogen and oxygen atoms in total. The molecular weight excluding hydrogens is 253 g/mol. The molecular formula is C6H9F3N2O4S. The highest BCUT2D eigenvalue weighted by Gasteiger charge is 2.44. The number of rotatable bonds is 2. The number of hydrogen-bond donors (Lipinski definition) is 2. The van der Waals surface area contributed by atoms with Crippen LogP contribution in [0.3, 0.4) is 0 Å². The Morgan fingerprint density at radius 3 is 2.12 bits per heavy atom. The minimum atomic E-state index is -5.84. The van der Waals surface area contributed by atoms with E-state index in [0.717, 1.165) is 0 Å². The molecule has 0 aliphatic carbocycles. The van der Waals surface area contributed by atoms with E-state index < -0.39 is 15.6 Å². The summed E-state index contributed by atoms with van der Waals surface area (Å²) >= 11 is 0. The number of hydrogen-bond acceptors (Lipinski definition) is 4. The third-order valence-corrected chi connectivity index (χ3v) is 1.79. The Kier molecular flexibility index (Phi) is 5.41. The Labute approximate surface area is 89.1 Å². The fraction of sp³-hybridized carbons (Fsp3) is 0.500. The number of aliphatic hydroxyl groups is 1. The molecule has 10 heteroatoms. The van der Waals surface area contributed by atoms with Gasteiger partial charge in [0.1, 0.15) is 0 Å². The van der Waals surface area contributed by atoms with Crippen molar-refractivity contribution in [2.75, 3.05) is 6.61 Å². The summed E-state index contributed by atoms with van der Waals surface area (Å²) in [5, 5.41) is 8.39. The molecule has 1 aromatic rings. The molecule has 1 aromatic heterocycles. The molecule has 0 spiro atoms. The van der Waals surface area contributed by atoms with Crippen LogP contribution in [0.5, 0.6) is 0 Å². The van der Waals surface area contributed by atoms with Crippen LogP contribution in [0.1, 0.15) is 0 Å². The summed E-state index contributed by atoms with van der Waals surface area (Å²) in [6.07, 6.45) is 5.18. The predicted molar refractivity (Wildman–Crippen MR) is 46.9 cm³/mol. The first-order valence-electron chi connectivity index (χ1n) is 3.79. The summed E-state index contributed by atoms with van der Waals surface area (Å²) in [5.74, 6) is 0. The number of halogens is 3. The van der Waals surface area contributed by atoms with Crippen molar-refractivity contribution in [3.8, 4) is 0 Å². The van der Waals surface area contributed by atoms with Crippen molar-refractivity contribution >= 4 is 10.1 Å². The molecule has 0 amide bonds. The van der Waals surface area contributed by atoms with E-state index in [1.807, 2.05) is 10.8 Å². The van der Waals surface area contributed by atoms with Crippen molar-refractivity contribution in [3.63, 3.8) is 0 Å². The van der Waals surface area contributed by atoms with Gasteiger partial charge in [-0.1, -0.05) is 0 Å². The second kappa shape index (κ2) is 5.82. The molecule has 2 N–H and O–H groups in total. The summed E-state index contributed by atoms with van der Waals surface area (Å²) in [7, 11) is -5.84. The minimum absolute atomic E-state index is 0.177. The maximum absolute atomic E-state index is 10.7. The summed E-state index contributed by atoms with van der Waals surface area (Å²) in [6.45, 7) is 0.816. The van der Waals surface area contributed by atoms with E-state index in [0.29, 0.717) is 6.54 Å². The second-order valence-corrected chi connectivity index (χ2v) is 3.86. The lowest BCUT2D eigenvalue weighted by Crippen LogP contribution is -2.21. The number of imidazole rings is 1. The third kappa shape index (κ3) is 5.68. The zero-order valence-corrected chi connectivity index (χ0v) is 8.61. The van der Waals surface area contributed by atoms with Gasteiger partial charge in [-0.15, -0.1) is 0 Å². The summed E-state index contributed by atoms with van der Waals surface area (Å²) in [5.41, 5.74) is -5.53. The van der Waals surface area contributed by atoms with Gasteiger partial charge in [-0.05, 0) is 0 Å². The van der Waals surface area contributed by atoms with Crippen molar-refractivity contribution < 1.29 is 31.2 Å². The van der Waals surface area contributed by atoms with E-state index >= 15 is 0 Å². The maximum atomic E-state index is 10.7. The number of aliphatic hydroxyl groups excluding tert-OH is 1. The smallest absolute Gasteiger partial charge is 0.395 e. The summed E-state index contributed by atoms with van der Waals surface area (Å²) in [4.78, 5) is 3.79. The van der Waals surface area contributed by atoms with Gasteiger partial charge in [0.2, 0.25) is 0 Å². The normalized spacial score (nSPS) is 11.8. The van der Waals surface area contributed by atoms with E-state index in [1.54, 1.807) is 12.5 Å². The van der Waals surface area contributed by atoms with Gasteiger partial charge < -0.3 is 9.67 Å². The number of alkyl halides is 3. The predicted octanol–water partition coefficient (Wildman–Crippen LogP) is 0.269. The van der Waals surface area contributed by atoms with Gasteiger partial charge in [-0.3, -0.25) is 4.55 Å². The standard InChI is InChI=1S/C5H8N2O.CHF3O3S/c8-4-3-7-2-1-6-5-7;2-1(3,4)8(5,6)7/h1-2,5,8H,3-4H2;(H,5,6,7). The Morgan fingerprint density at radius 1 is 1.38 bits per heavy atom. The van der Waals surface area contributed by atoms with Gasteiger partial charge in [0.15, 0.2) is 0 Å². The van der Waals surface area contributed by atoms with Crippen LogP contribution >= 0.6 is 0 Å². The van der Waals surface area contributed by atoms with Gasteiger partial charge in [0, 0.05) is 18.9 Å². The molecule has 0 saturated carbocycles. The highest BCUT2D eigenvalue weighted by molar-refractivity contribution is 7.86. The zero-order chi connectivity index (χ0) is 12.8. The van der Waals surface area contributed by atoms with Crippen LogP contribution in [0, 0.1) is 0 Å². The highest BCUT2D eigenvalue weighted by Crippen LogP contribution is 2.20. The highest BCUT2D eigenvalue weighted by atomic mass is 32.2. The maximum Gasteiger partial charge on any atom is 0.522 e. The third-order valence-electron chi connectivity index (χ3n) is 1.21. The summed E-state index contributed by atoms with van der Waals surface area (Å²) < 4.78 is 59.4. The lowest BCUT2D eigenvalue weighted by atomic mass is 10.7. The van der Waals surface area contributed by atoms with Crippen molar-refractivity contribution in [3.05, 3.63) is 18.7 Å². The van der Waals surface area contributed by atoms with E-state index in [9.17, 15) is 13.2 Å². The molecule has 0 unspecified atom stereocenters. The topological polar surface area (TPSA) is 92.4 Å². The van der Waals surface area contributed by atoms with E-state index in [4.69, 9.17) is 18.1 Å². The monoisotopic (exact) mass is 262 g/mol. The van der Waals surface area contributed by atoms with Crippen LogP contribution in [-0.4, -0.2) is 39.7 Å². The molecule has 0 aromatic carbocycles. The molecule has 0 atom stereocenters. The second-order valence-electron chi connectivity index (χ2n) is 2.44. The first-order chi connectivity index (χ1) is 7.18. The Morgan fingerprint density at radius 2 is 1.88 bits per heavy atom. The molecule has 0 saturated heterocycles. The minimum Gasteiger partial charge on any atom is -0.395 e. The zero-order valence-electron chi connectivity index (χ0n) is 7.79. The molecule has 0 bridgehead atoms. The molecule has 0 aliphatic heterocycles. The van der Waals surface area contributed by atoms with Gasteiger partial charge in [0.05, 0.1) is 12.9 Å². The van der Waals surface area contributed by atoms with Crippen LogP contribution in [0.2, 0.25) is 0 Å². The molecule has 0 fully saturated rings. The Bertz CT molecular complexity index is 386. The Balaban J connectivity index is 0.000000281. The fourth-order valence-corrected chi connectivity index (χ4v) is 0.534. The van der Waals surface area contributed by atoms with Crippen molar-refractivity contribution in [2.45, 2.75) is 12.1 Å². The van der Waals surface area contributed by atoms with Crippen molar-refractivity contribution in [1.29, 1.82) is 0 Å². The van der Waals surface area contributed by atoms with E-state index in [2.05, 4.69) is 4.98 Å². The molecule has 94 valence electrons. The first kappa shape index (κ1) is 14.9. The molecule has 1 heterocycles. The largest absolute Gasteiger partial charge is 0.522 e. The number of nitrogens with zero attached hydrogens (tertiary/aromatic N) is 2. The van der Waals surface area contributed by atoms with Crippen LogP contribution in [-0.2, 0) is 16.7 Å². The number of aromatic nitrogens is 2. The van der Waals surface area contributed by atoms with Crippen LogP contribution in [0.15, 0.2) is 18.7 Å². The van der Waals surface area contributed by atoms with Crippen LogP contribution in [0.4, 0.5) is 13.2 Å². The van der Waals surface area contributed by atoms with Crippen molar-refractivity contribution in [2.24, 2.45) is 0 Å². The first-order valence-corrected chi connectivity index (χ1v) is 5.23. The Hall–Kier alpha value is -1.13. The molecule has 0 radical (unpaired) electrons. The molecule has 0 aliphatic rings. The van der Waals surface area contributed by atoms with Crippen LogP contribution in [0.25, 0.3) is 0 Å². The lowest BCUT2D eigenvalue weighted by Gasteiger charge is -1.97. The van der Waals surface area contributed by atoms with Gasteiger partial charge in [-0.25, -0.2) is 4.98 Å². The quantitative estimate of drug-likeness (QED) is 0.589. The molecule has 16 heavy (non-hydrogen) atoms. The fourth-order valence-electron chi connectivity index (χ4n) is 0.534. The SMILES string of the molecule is O=S(=O)(O)C(F)(F)F.OCCn1ccnc1. The van der Waals surface area contributed by atoms with E-state index in [-0.39, 0.29) is 6.61 Å².